The van der Waals surface area contributed by atoms with Crippen LogP contribution in [0.5, 0.6) is 0 Å². The van der Waals surface area contributed by atoms with E-state index in [1.165, 1.54) is 6.42 Å². The minimum absolute atomic E-state index is 0.509. The Bertz CT molecular complexity index is 380. The number of hydrogen-bond acceptors (Lipinski definition) is 2. The van der Waals surface area contributed by atoms with Crippen molar-refractivity contribution in [3.63, 3.8) is 0 Å². The van der Waals surface area contributed by atoms with Crippen molar-refractivity contribution >= 4 is 17.3 Å². The Balaban J connectivity index is 1.91. The van der Waals surface area contributed by atoms with E-state index in [0.717, 1.165) is 35.6 Å². The first-order valence-corrected chi connectivity index (χ1v) is 5.90. The number of nitrogens with two attached hydrogens (primary N) is 1. The molecule has 3 unspecified atom stereocenters. The highest BCUT2D eigenvalue weighted by Gasteiger charge is 2.51. The standard InChI is InChI=1S/C12H15ClN2/c13-10-3-1-2-4-11(10)15-7-8-5-9(8)12(15)6-14/h1-4,8-9,12H,5-7,14H2. The van der Waals surface area contributed by atoms with E-state index in [9.17, 15) is 0 Å². The minimum Gasteiger partial charge on any atom is -0.365 e. The second-order valence-electron chi connectivity index (χ2n) is 4.57. The Kier molecular flexibility index (Phi) is 2.15. The van der Waals surface area contributed by atoms with Crippen LogP contribution >= 0.6 is 11.6 Å². The van der Waals surface area contributed by atoms with Gasteiger partial charge in [-0.2, -0.15) is 0 Å². The number of para-hydroxylation sites is 1. The van der Waals surface area contributed by atoms with Crippen LogP contribution in [-0.4, -0.2) is 19.1 Å². The van der Waals surface area contributed by atoms with Gasteiger partial charge in [-0.1, -0.05) is 23.7 Å². The third-order valence-corrected chi connectivity index (χ3v) is 4.03. The van der Waals surface area contributed by atoms with Crippen LogP contribution in [0.4, 0.5) is 5.69 Å². The zero-order valence-electron chi connectivity index (χ0n) is 8.57. The molecule has 0 bridgehead atoms. The summed E-state index contributed by atoms with van der Waals surface area (Å²) in [5, 5.41) is 0.845. The van der Waals surface area contributed by atoms with Gasteiger partial charge in [0.25, 0.3) is 0 Å². The highest BCUT2D eigenvalue weighted by atomic mass is 35.5. The van der Waals surface area contributed by atoms with E-state index in [0.29, 0.717) is 6.04 Å². The predicted octanol–water partition coefficient (Wildman–Crippen LogP) is 2.12. The fourth-order valence-electron chi connectivity index (χ4n) is 2.84. The van der Waals surface area contributed by atoms with Crippen molar-refractivity contribution in [1.29, 1.82) is 0 Å². The summed E-state index contributed by atoms with van der Waals surface area (Å²) in [6.45, 7) is 1.88. The van der Waals surface area contributed by atoms with Gasteiger partial charge in [0.2, 0.25) is 0 Å². The summed E-state index contributed by atoms with van der Waals surface area (Å²) in [5.74, 6) is 1.70. The van der Waals surface area contributed by atoms with E-state index in [-0.39, 0.29) is 0 Å². The van der Waals surface area contributed by atoms with Crippen LogP contribution in [0.25, 0.3) is 0 Å². The number of rotatable bonds is 2. The molecule has 2 aliphatic rings. The van der Waals surface area contributed by atoms with E-state index in [1.54, 1.807) is 0 Å². The van der Waals surface area contributed by atoms with Crippen LogP contribution in [0, 0.1) is 11.8 Å². The van der Waals surface area contributed by atoms with Gasteiger partial charge in [-0.05, 0) is 30.4 Å². The third kappa shape index (κ3) is 1.44. The molecule has 3 rings (SSSR count). The number of fused-ring (bicyclic) bond motifs is 1. The summed E-state index contributed by atoms with van der Waals surface area (Å²) in [5.41, 5.74) is 7.00. The molecule has 1 saturated carbocycles. The minimum atomic E-state index is 0.509. The van der Waals surface area contributed by atoms with Crippen LogP contribution in [-0.2, 0) is 0 Å². The number of nitrogens with zero attached hydrogens (tertiary/aromatic N) is 1. The summed E-state index contributed by atoms with van der Waals surface area (Å²) >= 11 is 6.21. The second-order valence-corrected chi connectivity index (χ2v) is 4.97. The predicted molar refractivity (Wildman–Crippen MR) is 63.2 cm³/mol. The monoisotopic (exact) mass is 222 g/mol. The molecule has 0 aromatic heterocycles. The smallest absolute Gasteiger partial charge is 0.0639 e. The lowest BCUT2D eigenvalue weighted by Gasteiger charge is -2.29. The Morgan fingerprint density at radius 3 is 2.93 bits per heavy atom. The maximum Gasteiger partial charge on any atom is 0.0639 e. The summed E-state index contributed by atoms with van der Waals surface area (Å²) in [7, 11) is 0. The van der Waals surface area contributed by atoms with Crippen molar-refractivity contribution in [1.82, 2.24) is 0 Å². The summed E-state index contributed by atoms with van der Waals surface area (Å²) in [6.07, 6.45) is 1.36. The molecule has 15 heavy (non-hydrogen) atoms. The van der Waals surface area contributed by atoms with Crippen LogP contribution in [0.15, 0.2) is 24.3 Å². The molecule has 1 aromatic carbocycles. The molecule has 1 aliphatic carbocycles. The third-order valence-electron chi connectivity index (χ3n) is 3.71. The molecule has 80 valence electrons. The van der Waals surface area contributed by atoms with Gasteiger partial charge in [-0.3, -0.25) is 0 Å². The van der Waals surface area contributed by atoms with Crippen molar-refractivity contribution in [2.45, 2.75) is 12.5 Å². The normalized spacial score (nSPS) is 32.9. The van der Waals surface area contributed by atoms with Gasteiger partial charge in [-0.25, -0.2) is 0 Å². The molecule has 0 amide bonds. The number of halogens is 1. The van der Waals surface area contributed by atoms with Crippen molar-refractivity contribution in [2.24, 2.45) is 17.6 Å². The quantitative estimate of drug-likeness (QED) is 0.831. The second kappa shape index (κ2) is 3.39. The SMILES string of the molecule is NCC1C2CC2CN1c1ccccc1Cl. The molecule has 3 heteroatoms. The van der Waals surface area contributed by atoms with Crippen molar-refractivity contribution in [3.8, 4) is 0 Å². The molecule has 2 fully saturated rings. The Labute approximate surface area is 95.0 Å². The van der Waals surface area contributed by atoms with Crippen molar-refractivity contribution < 1.29 is 0 Å². The lowest BCUT2D eigenvalue weighted by Crippen LogP contribution is -2.38. The highest BCUT2D eigenvalue weighted by Crippen LogP contribution is 2.51. The molecule has 1 aromatic rings. The maximum atomic E-state index is 6.21. The summed E-state index contributed by atoms with van der Waals surface area (Å²) in [4.78, 5) is 2.39. The molecular formula is C12H15ClN2. The van der Waals surface area contributed by atoms with Crippen molar-refractivity contribution in [3.05, 3.63) is 29.3 Å². The topological polar surface area (TPSA) is 29.3 Å². The molecular weight excluding hydrogens is 208 g/mol. The van der Waals surface area contributed by atoms with Gasteiger partial charge in [-0.15, -0.1) is 0 Å². The van der Waals surface area contributed by atoms with E-state index in [1.807, 2.05) is 18.2 Å². The summed E-state index contributed by atoms with van der Waals surface area (Å²) in [6, 6.07) is 8.57. The van der Waals surface area contributed by atoms with Crippen LogP contribution in [0.2, 0.25) is 5.02 Å². The van der Waals surface area contributed by atoms with Crippen LogP contribution < -0.4 is 10.6 Å². The molecule has 1 aliphatic heterocycles. The lowest BCUT2D eigenvalue weighted by molar-refractivity contribution is 0.605. The highest BCUT2D eigenvalue weighted by molar-refractivity contribution is 6.33. The van der Waals surface area contributed by atoms with Gasteiger partial charge in [0, 0.05) is 19.1 Å². The van der Waals surface area contributed by atoms with Crippen LogP contribution in [0.1, 0.15) is 6.42 Å². The van der Waals surface area contributed by atoms with E-state index in [4.69, 9.17) is 17.3 Å². The average molecular weight is 223 g/mol. The van der Waals surface area contributed by atoms with Gasteiger partial charge < -0.3 is 10.6 Å². The molecule has 1 saturated heterocycles. The molecule has 0 radical (unpaired) electrons. The van der Waals surface area contributed by atoms with Gasteiger partial charge in [0.1, 0.15) is 0 Å². The maximum absolute atomic E-state index is 6.21. The van der Waals surface area contributed by atoms with Crippen LogP contribution in [0.3, 0.4) is 0 Å². The number of hydrogen-bond donors (Lipinski definition) is 1. The number of benzene rings is 1. The summed E-state index contributed by atoms with van der Waals surface area (Å²) < 4.78 is 0. The average Bonchev–Trinajstić information content (AvgIpc) is 2.91. The molecule has 2 nitrogen and oxygen atoms in total. The zero-order valence-corrected chi connectivity index (χ0v) is 9.32. The van der Waals surface area contributed by atoms with E-state index >= 15 is 0 Å². The van der Waals surface area contributed by atoms with E-state index in [2.05, 4.69) is 11.0 Å². The van der Waals surface area contributed by atoms with Gasteiger partial charge >= 0.3 is 0 Å². The van der Waals surface area contributed by atoms with Crippen molar-refractivity contribution in [2.75, 3.05) is 18.0 Å². The Morgan fingerprint density at radius 2 is 2.20 bits per heavy atom. The first kappa shape index (κ1) is 9.49. The Hall–Kier alpha value is -0.730. The number of anilines is 1. The molecule has 1 heterocycles. The fourth-order valence-corrected chi connectivity index (χ4v) is 3.08. The first-order chi connectivity index (χ1) is 7.31. The van der Waals surface area contributed by atoms with Gasteiger partial charge in [0.05, 0.1) is 10.7 Å². The largest absolute Gasteiger partial charge is 0.365 e. The van der Waals surface area contributed by atoms with E-state index < -0.39 is 0 Å². The molecule has 0 spiro atoms. The Morgan fingerprint density at radius 1 is 1.40 bits per heavy atom. The number of piperidine rings is 1. The lowest BCUT2D eigenvalue weighted by atomic mass is 10.1. The molecule has 3 atom stereocenters. The fraction of sp³-hybridized carbons (Fsp3) is 0.500. The first-order valence-electron chi connectivity index (χ1n) is 5.52. The molecule has 2 N–H and O–H groups in total. The van der Waals surface area contributed by atoms with Gasteiger partial charge in [0.15, 0.2) is 0 Å². The zero-order chi connectivity index (χ0) is 10.4.